The van der Waals surface area contributed by atoms with E-state index >= 15 is 0 Å². The van der Waals surface area contributed by atoms with Gasteiger partial charge in [0.1, 0.15) is 0 Å². The molecule has 54 valence electrons. The minimum absolute atomic E-state index is 0. The molecule has 0 N–H and O–H groups in total. The minimum atomic E-state index is 0. The zero-order valence-electron chi connectivity index (χ0n) is 7.35. The predicted molar refractivity (Wildman–Crippen MR) is 36.7 cm³/mol. The summed E-state index contributed by atoms with van der Waals surface area (Å²) < 4.78 is 0. The Morgan fingerprint density at radius 1 is 1.40 bits per heavy atom. The molecule has 0 aromatic rings. The molecule has 0 saturated carbocycles. The second kappa shape index (κ2) is 7.45. The fourth-order valence-electron chi connectivity index (χ4n) is 0.718. The molecule has 0 bridgehead atoms. The van der Waals surface area contributed by atoms with Gasteiger partial charge in [-0.15, -0.1) is 0 Å². The van der Waals surface area contributed by atoms with Gasteiger partial charge in [0.2, 0.25) is 0 Å². The summed E-state index contributed by atoms with van der Waals surface area (Å²) in [7, 11) is 0. The van der Waals surface area contributed by atoms with Crippen molar-refractivity contribution in [2.45, 2.75) is 20.8 Å². The Kier molecular flexibility index (Phi) is 9.66. The normalized spacial score (nSPS) is 10.5. The van der Waals surface area contributed by atoms with E-state index in [0.717, 1.165) is 13.1 Å². The molecule has 0 radical (unpaired) electrons. The van der Waals surface area contributed by atoms with Crippen molar-refractivity contribution in [3.63, 3.8) is 0 Å². The Balaban J connectivity index is 0. The molecule has 0 atom stereocenters. The number of allylic oxidation sites excluding steroid dienone is 1. The van der Waals surface area contributed by atoms with Gasteiger partial charge in [-0.3, -0.25) is 0 Å². The van der Waals surface area contributed by atoms with Crippen molar-refractivity contribution in [1.29, 1.82) is 0 Å². The molecule has 10 heavy (non-hydrogen) atoms. The van der Waals surface area contributed by atoms with Crippen LogP contribution in [0.25, 0.3) is 0 Å². The van der Waals surface area contributed by atoms with Crippen molar-refractivity contribution in [3.8, 4) is 0 Å². The van der Waals surface area contributed by atoms with E-state index in [9.17, 15) is 5.11 Å². The van der Waals surface area contributed by atoms with Crippen molar-refractivity contribution in [1.82, 2.24) is 4.90 Å². The third-order valence-corrected chi connectivity index (χ3v) is 1.32. The van der Waals surface area contributed by atoms with Gasteiger partial charge in [0.15, 0.2) is 0 Å². The quantitative estimate of drug-likeness (QED) is 0.331. The fourth-order valence-corrected chi connectivity index (χ4v) is 0.718. The van der Waals surface area contributed by atoms with Gasteiger partial charge in [0.05, 0.1) is 0 Å². The predicted octanol–water partition coefficient (Wildman–Crippen LogP) is -2.45. The average molecular weight is 151 g/mol. The molecule has 0 amide bonds. The van der Waals surface area contributed by atoms with E-state index in [-0.39, 0.29) is 35.4 Å². The second-order valence-corrected chi connectivity index (χ2v) is 1.80. The monoisotopic (exact) mass is 151 g/mol. The summed E-state index contributed by atoms with van der Waals surface area (Å²) in [6.07, 6.45) is 1.59. The van der Waals surface area contributed by atoms with E-state index < -0.39 is 0 Å². The molecule has 0 aliphatic heterocycles. The summed E-state index contributed by atoms with van der Waals surface area (Å²) in [5.74, 6) is 0.125. The van der Waals surface area contributed by atoms with Gasteiger partial charge in [-0.1, -0.05) is 6.08 Å². The van der Waals surface area contributed by atoms with Crippen LogP contribution in [0.2, 0.25) is 0 Å². The van der Waals surface area contributed by atoms with Crippen molar-refractivity contribution in [2.24, 2.45) is 0 Å². The zero-order valence-corrected chi connectivity index (χ0v) is 9.35. The third-order valence-electron chi connectivity index (χ3n) is 1.32. The summed E-state index contributed by atoms with van der Waals surface area (Å²) in [6.45, 7) is 7.33. The van der Waals surface area contributed by atoms with Gasteiger partial charge in [-0.05, 0) is 26.7 Å². The molecule has 0 saturated heterocycles. The maximum absolute atomic E-state index is 10.8. The molecule has 0 aromatic heterocycles. The van der Waals surface area contributed by atoms with Crippen LogP contribution < -0.4 is 34.7 Å². The Morgan fingerprint density at radius 3 is 1.90 bits per heavy atom. The maximum atomic E-state index is 10.8. The van der Waals surface area contributed by atoms with Crippen molar-refractivity contribution in [3.05, 3.63) is 12.0 Å². The summed E-state index contributed by atoms with van der Waals surface area (Å²) in [5.41, 5.74) is 0. The first kappa shape index (κ1) is 13.0. The van der Waals surface area contributed by atoms with Gasteiger partial charge in [-0.25, -0.2) is 0 Å². The van der Waals surface area contributed by atoms with Crippen molar-refractivity contribution in [2.75, 3.05) is 13.1 Å². The topological polar surface area (TPSA) is 26.3 Å². The van der Waals surface area contributed by atoms with E-state index in [1.54, 1.807) is 17.9 Å². The van der Waals surface area contributed by atoms with E-state index in [0.29, 0.717) is 0 Å². The van der Waals surface area contributed by atoms with Crippen LogP contribution in [-0.2, 0) is 0 Å². The molecular weight excluding hydrogens is 137 g/mol. The van der Waals surface area contributed by atoms with Crippen LogP contribution >= 0.6 is 0 Å². The SMILES string of the molecule is C/C=C(\[O-])N(CC)CC.[Na+]. The first-order valence-corrected chi connectivity index (χ1v) is 3.34. The molecule has 0 heterocycles. The summed E-state index contributed by atoms with van der Waals surface area (Å²) >= 11 is 0. The molecule has 0 unspecified atom stereocenters. The summed E-state index contributed by atoms with van der Waals surface area (Å²) in [4.78, 5) is 1.78. The van der Waals surface area contributed by atoms with E-state index in [2.05, 4.69) is 0 Å². The van der Waals surface area contributed by atoms with Crippen LogP contribution in [0.1, 0.15) is 20.8 Å². The number of nitrogens with zero attached hydrogens (tertiary/aromatic N) is 1. The Morgan fingerprint density at radius 2 is 1.80 bits per heavy atom. The van der Waals surface area contributed by atoms with Crippen molar-refractivity contribution >= 4 is 0 Å². The third kappa shape index (κ3) is 4.20. The number of hydrogen-bond acceptors (Lipinski definition) is 2. The first-order valence-electron chi connectivity index (χ1n) is 3.34. The van der Waals surface area contributed by atoms with Gasteiger partial charge >= 0.3 is 29.6 Å². The fraction of sp³-hybridized carbons (Fsp3) is 0.714. The number of hydrogen-bond donors (Lipinski definition) is 0. The van der Waals surface area contributed by atoms with Crippen molar-refractivity contribution < 1.29 is 34.7 Å². The van der Waals surface area contributed by atoms with Gasteiger partial charge in [0, 0.05) is 13.1 Å². The van der Waals surface area contributed by atoms with Crippen LogP contribution in [-0.4, -0.2) is 18.0 Å². The summed E-state index contributed by atoms with van der Waals surface area (Å²) in [6, 6.07) is 0. The molecule has 0 rings (SSSR count). The molecular formula is C7H14NNaO. The van der Waals surface area contributed by atoms with E-state index in [4.69, 9.17) is 0 Å². The van der Waals surface area contributed by atoms with Gasteiger partial charge in [0.25, 0.3) is 0 Å². The summed E-state index contributed by atoms with van der Waals surface area (Å²) in [5, 5.41) is 10.8. The van der Waals surface area contributed by atoms with Crippen LogP contribution in [0.15, 0.2) is 12.0 Å². The molecule has 2 nitrogen and oxygen atoms in total. The van der Waals surface area contributed by atoms with Gasteiger partial charge < -0.3 is 10.0 Å². The molecule has 3 heteroatoms. The molecule has 0 aliphatic rings. The molecule has 0 aromatic carbocycles. The largest absolute Gasteiger partial charge is 1.00 e. The smallest absolute Gasteiger partial charge is 0.861 e. The molecule has 0 spiro atoms. The first-order chi connectivity index (χ1) is 4.26. The average Bonchev–Trinajstić information content (AvgIpc) is 1.90. The standard InChI is InChI=1S/C7H15NO.Na/c1-4-7(9)8(5-2)6-3;/h4,9H,5-6H2,1-3H3;/q;+1/p-1/b7-4-;. The second-order valence-electron chi connectivity index (χ2n) is 1.80. The van der Waals surface area contributed by atoms with Crippen LogP contribution in [0.5, 0.6) is 0 Å². The maximum Gasteiger partial charge on any atom is 1.00 e. The molecule has 0 fully saturated rings. The van der Waals surface area contributed by atoms with Crippen LogP contribution in [0.3, 0.4) is 0 Å². The van der Waals surface area contributed by atoms with Crippen LogP contribution in [0, 0.1) is 0 Å². The Bertz CT molecular complexity index is 99.8. The van der Waals surface area contributed by atoms with Crippen LogP contribution in [0.4, 0.5) is 0 Å². The van der Waals surface area contributed by atoms with E-state index in [1.807, 2.05) is 13.8 Å². The van der Waals surface area contributed by atoms with E-state index in [1.165, 1.54) is 0 Å². The Labute approximate surface area is 85.2 Å². The minimum Gasteiger partial charge on any atom is -0.861 e. The zero-order chi connectivity index (χ0) is 7.28. The number of rotatable bonds is 3. The molecule has 0 aliphatic carbocycles. The Hall–Kier alpha value is 0.340. The van der Waals surface area contributed by atoms with Gasteiger partial charge in [-0.2, -0.15) is 0 Å².